The third-order valence-electron chi connectivity index (χ3n) is 3.72. The normalized spacial score (nSPS) is 29.1. The van der Waals surface area contributed by atoms with Crippen molar-refractivity contribution in [1.29, 1.82) is 0 Å². The van der Waals surface area contributed by atoms with Crippen LogP contribution in [0, 0.1) is 11.3 Å². The molecule has 84 valence electrons. The van der Waals surface area contributed by atoms with Gasteiger partial charge in [0.2, 0.25) is 0 Å². The zero-order valence-corrected chi connectivity index (χ0v) is 10.2. The van der Waals surface area contributed by atoms with E-state index in [2.05, 4.69) is 32.6 Å². The maximum Gasteiger partial charge on any atom is 0.0664 e. The van der Waals surface area contributed by atoms with Crippen LogP contribution in [0.1, 0.15) is 41.0 Å². The molecule has 2 heteroatoms. The van der Waals surface area contributed by atoms with Crippen molar-refractivity contribution in [3.63, 3.8) is 0 Å². The Bertz CT molecular complexity index is 183. The maximum absolute atomic E-state index is 9.53. The van der Waals surface area contributed by atoms with Crippen LogP contribution in [0.4, 0.5) is 0 Å². The van der Waals surface area contributed by atoms with Gasteiger partial charge in [0.25, 0.3) is 0 Å². The van der Waals surface area contributed by atoms with E-state index in [4.69, 9.17) is 0 Å². The molecule has 1 fully saturated rings. The molecular formula is C12H25NO. The first-order valence-corrected chi connectivity index (χ1v) is 5.74. The predicted molar refractivity (Wildman–Crippen MR) is 60.3 cm³/mol. The quantitative estimate of drug-likeness (QED) is 0.736. The highest BCUT2D eigenvalue weighted by Crippen LogP contribution is 2.34. The van der Waals surface area contributed by atoms with E-state index < -0.39 is 0 Å². The van der Waals surface area contributed by atoms with Gasteiger partial charge in [-0.3, -0.25) is 4.90 Å². The van der Waals surface area contributed by atoms with Crippen LogP contribution in [0.3, 0.4) is 0 Å². The van der Waals surface area contributed by atoms with Gasteiger partial charge in [-0.25, -0.2) is 0 Å². The van der Waals surface area contributed by atoms with Crippen LogP contribution in [-0.4, -0.2) is 35.2 Å². The van der Waals surface area contributed by atoms with Crippen LogP contribution in [-0.2, 0) is 0 Å². The SMILES string of the molecule is CC(O)C(C)N1CCC(C(C)(C)C)C1. The van der Waals surface area contributed by atoms with Crippen LogP contribution < -0.4 is 0 Å². The van der Waals surface area contributed by atoms with Gasteiger partial charge in [-0.2, -0.15) is 0 Å². The van der Waals surface area contributed by atoms with Gasteiger partial charge in [-0.05, 0) is 38.1 Å². The van der Waals surface area contributed by atoms with E-state index in [9.17, 15) is 5.11 Å². The van der Waals surface area contributed by atoms with E-state index in [0.717, 1.165) is 19.0 Å². The Morgan fingerprint density at radius 3 is 2.21 bits per heavy atom. The molecule has 1 aliphatic heterocycles. The smallest absolute Gasteiger partial charge is 0.0664 e. The number of rotatable bonds is 2. The molecule has 0 spiro atoms. The van der Waals surface area contributed by atoms with Gasteiger partial charge in [0.05, 0.1) is 6.10 Å². The summed E-state index contributed by atoms with van der Waals surface area (Å²) in [4.78, 5) is 2.42. The minimum Gasteiger partial charge on any atom is -0.392 e. The second-order valence-corrected chi connectivity index (χ2v) is 5.83. The monoisotopic (exact) mass is 199 g/mol. The Balaban J connectivity index is 2.49. The van der Waals surface area contributed by atoms with Crippen molar-refractivity contribution in [1.82, 2.24) is 4.90 Å². The Labute approximate surface area is 88.3 Å². The number of nitrogens with zero attached hydrogens (tertiary/aromatic N) is 1. The summed E-state index contributed by atoms with van der Waals surface area (Å²) >= 11 is 0. The Morgan fingerprint density at radius 1 is 1.29 bits per heavy atom. The van der Waals surface area contributed by atoms with Crippen LogP contribution in [0.25, 0.3) is 0 Å². The Kier molecular flexibility index (Phi) is 3.59. The molecule has 0 aromatic heterocycles. The molecule has 0 radical (unpaired) electrons. The molecule has 0 aromatic rings. The molecule has 0 aromatic carbocycles. The van der Waals surface area contributed by atoms with Gasteiger partial charge in [-0.15, -0.1) is 0 Å². The summed E-state index contributed by atoms with van der Waals surface area (Å²) in [6, 6.07) is 0.308. The van der Waals surface area contributed by atoms with E-state index in [-0.39, 0.29) is 6.10 Å². The molecule has 1 rings (SSSR count). The standard InChI is InChI=1S/C12H25NO/c1-9(10(2)14)13-7-6-11(8-13)12(3,4)5/h9-11,14H,6-8H2,1-5H3. The van der Waals surface area contributed by atoms with Crippen molar-refractivity contribution in [2.75, 3.05) is 13.1 Å². The van der Waals surface area contributed by atoms with Gasteiger partial charge in [0, 0.05) is 12.6 Å². The lowest BCUT2D eigenvalue weighted by Gasteiger charge is -2.30. The number of likely N-dealkylation sites (tertiary alicyclic amines) is 1. The molecular weight excluding hydrogens is 174 g/mol. The van der Waals surface area contributed by atoms with Gasteiger partial charge in [0.1, 0.15) is 0 Å². The van der Waals surface area contributed by atoms with Crippen LogP contribution in [0.15, 0.2) is 0 Å². The first kappa shape index (κ1) is 12.0. The summed E-state index contributed by atoms with van der Waals surface area (Å²) in [7, 11) is 0. The second-order valence-electron chi connectivity index (χ2n) is 5.83. The molecule has 2 nitrogen and oxygen atoms in total. The van der Waals surface area contributed by atoms with Gasteiger partial charge >= 0.3 is 0 Å². The van der Waals surface area contributed by atoms with Crippen molar-refractivity contribution >= 4 is 0 Å². The molecule has 0 saturated carbocycles. The third-order valence-corrected chi connectivity index (χ3v) is 3.72. The fraction of sp³-hybridized carbons (Fsp3) is 1.00. The molecule has 1 aliphatic rings. The molecule has 1 saturated heterocycles. The number of hydrogen-bond acceptors (Lipinski definition) is 2. The van der Waals surface area contributed by atoms with Gasteiger partial charge in [0.15, 0.2) is 0 Å². The Morgan fingerprint density at radius 2 is 1.86 bits per heavy atom. The minimum atomic E-state index is -0.214. The van der Waals surface area contributed by atoms with Crippen molar-refractivity contribution in [3.05, 3.63) is 0 Å². The van der Waals surface area contributed by atoms with Crippen LogP contribution >= 0.6 is 0 Å². The summed E-state index contributed by atoms with van der Waals surface area (Å²) in [6.07, 6.45) is 1.06. The molecule has 0 amide bonds. The highest BCUT2D eigenvalue weighted by molar-refractivity contribution is 4.87. The number of aliphatic hydroxyl groups excluding tert-OH is 1. The van der Waals surface area contributed by atoms with E-state index in [1.54, 1.807) is 0 Å². The molecule has 0 aliphatic carbocycles. The first-order chi connectivity index (χ1) is 6.32. The summed E-state index contributed by atoms with van der Waals surface area (Å²) in [5.74, 6) is 0.781. The average Bonchev–Trinajstić information content (AvgIpc) is 2.49. The fourth-order valence-electron chi connectivity index (χ4n) is 2.17. The van der Waals surface area contributed by atoms with E-state index >= 15 is 0 Å². The van der Waals surface area contributed by atoms with E-state index in [1.807, 2.05) is 6.92 Å². The predicted octanol–water partition coefficient (Wildman–Crippen LogP) is 2.12. The molecule has 14 heavy (non-hydrogen) atoms. The zero-order valence-electron chi connectivity index (χ0n) is 10.2. The van der Waals surface area contributed by atoms with Gasteiger partial charge in [-0.1, -0.05) is 20.8 Å². The molecule has 1 heterocycles. The zero-order chi connectivity index (χ0) is 10.9. The van der Waals surface area contributed by atoms with Crippen molar-refractivity contribution < 1.29 is 5.11 Å². The largest absolute Gasteiger partial charge is 0.392 e. The Hall–Kier alpha value is -0.0800. The lowest BCUT2D eigenvalue weighted by atomic mass is 9.80. The van der Waals surface area contributed by atoms with E-state index in [1.165, 1.54) is 6.42 Å². The van der Waals surface area contributed by atoms with Crippen molar-refractivity contribution in [3.8, 4) is 0 Å². The highest BCUT2D eigenvalue weighted by atomic mass is 16.3. The highest BCUT2D eigenvalue weighted by Gasteiger charge is 2.34. The molecule has 1 N–H and O–H groups in total. The summed E-state index contributed by atoms with van der Waals surface area (Å²) < 4.78 is 0. The fourth-order valence-corrected chi connectivity index (χ4v) is 2.17. The molecule has 0 bridgehead atoms. The average molecular weight is 199 g/mol. The number of aliphatic hydroxyl groups is 1. The lowest BCUT2D eigenvalue weighted by Crippen LogP contribution is -2.39. The maximum atomic E-state index is 9.53. The summed E-state index contributed by atoms with van der Waals surface area (Å²) in [6.45, 7) is 13.2. The number of hydrogen-bond donors (Lipinski definition) is 1. The topological polar surface area (TPSA) is 23.5 Å². The first-order valence-electron chi connectivity index (χ1n) is 5.74. The lowest BCUT2D eigenvalue weighted by molar-refractivity contribution is 0.0787. The van der Waals surface area contributed by atoms with E-state index in [0.29, 0.717) is 11.5 Å². The summed E-state index contributed by atoms with van der Waals surface area (Å²) in [5, 5.41) is 9.53. The second kappa shape index (κ2) is 4.19. The third kappa shape index (κ3) is 2.71. The van der Waals surface area contributed by atoms with Crippen molar-refractivity contribution in [2.24, 2.45) is 11.3 Å². The minimum absolute atomic E-state index is 0.214. The van der Waals surface area contributed by atoms with Gasteiger partial charge < -0.3 is 5.11 Å². The van der Waals surface area contributed by atoms with Crippen molar-refractivity contribution in [2.45, 2.75) is 53.2 Å². The van der Waals surface area contributed by atoms with Crippen LogP contribution in [0.2, 0.25) is 0 Å². The van der Waals surface area contributed by atoms with Crippen LogP contribution in [0.5, 0.6) is 0 Å². The molecule has 3 unspecified atom stereocenters. The molecule has 3 atom stereocenters. The summed E-state index contributed by atoms with van der Waals surface area (Å²) in [5.41, 5.74) is 0.410.